The summed E-state index contributed by atoms with van der Waals surface area (Å²) in [7, 11) is 3.22. The minimum absolute atomic E-state index is 0.104. The Kier molecular flexibility index (Phi) is 8.97. The van der Waals surface area contributed by atoms with Gasteiger partial charge in [0.05, 0.1) is 33.0 Å². The molecule has 0 saturated carbocycles. The normalized spacial score (nSPS) is 15.3. The van der Waals surface area contributed by atoms with E-state index in [1.807, 2.05) is 85.1 Å². The number of fused-ring (bicyclic) bond motifs is 2. The van der Waals surface area contributed by atoms with Crippen molar-refractivity contribution < 1.29 is 19.0 Å². The van der Waals surface area contributed by atoms with Crippen molar-refractivity contribution in [3.63, 3.8) is 0 Å². The van der Waals surface area contributed by atoms with Crippen LogP contribution in [0.4, 0.5) is 0 Å². The minimum Gasteiger partial charge on any atom is -0.496 e. The molecule has 7 heteroatoms. The van der Waals surface area contributed by atoms with Crippen molar-refractivity contribution in [3.05, 3.63) is 120 Å². The van der Waals surface area contributed by atoms with E-state index in [4.69, 9.17) is 14.2 Å². The van der Waals surface area contributed by atoms with E-state index in [1.165, 1.54) is 5.57 Å². The van der Waals surface area contributed by atoms with Crippen LogP contribution >= 0.6 is 0 Å². The first-order valence-corrected chi connectivity index (χ1v) is 15.2. The van der Waals surface area contributed by atoms with E-state index in [2.05, 4.69) is 29.3 Å². The van der Waals surface area contributed by atoms with Crippen LogP contribution in [-0.2, 0) is 14.3 Å². The number of aromatic nitrogens is 1. The Morgan fingerprint density at radius 2 is 1.67 bits per heavy atom. The summed E-state index contributed by atoms with van der Waals surface area (Å²) < 4.78 is 17.2. The van der Waals surface area contributed by atoms with Gasteiger partial charge in [0.15, 0.2) is 5.41 Å². The molecule has 5 aromatic rings. The van der Waals surface area contributed by atoms with E-state index in [1.54, 1.807) is 19.1 Å². The maximum absolute atomic E-state index is 15.0. The van der Waals surface area contributed by atoms with Crippen LogP contribution < -0.4 is 4.74 Å². The van der Waals surface area contributed by atoms with Crippen LogP contribution in [0.1, 0.15) is 29.0 Å². The van der Waals surface area contributed by atoms with Crippen molar-refractivity contribution in [1.82, 2.24) is 9.88 Å². The zero-order valence-corrected chi connectivity index (χ0v) is 25.7. The van der Waals surface area contributed by atoms with Crippen molar-refractivity contribution in [3.8, 4) is 11.8 Å². The Morgan fingerprint density at radius 3 is 2.44 bits per heavy atom. The lowest BCUT2D eigenvalue weighted by Crippen LogP contribution is -2.51. The molecule has 0 spiro atoms. The number of rotatable bonds is 11. The molecule has 1 aliphatic heterocycles. The molecule has 2 heterocycles. The fourth-order valence-electron chi connectivity index (χ4n) is 6.61. The topological polar surface area (TPSA) is 87.6 Å². The Morgan fingerprint density at radius 1 is 0.933 bits per heavy atom. The molecule has 228 valence electrons. The zero-order chi connectivity index (χ0) is 31.2. The Labute approximate surface area is 263 Å². The lowest BCUT2D eigenvalue weighted by molar-refractivity contribution is -0.143. The van der Waals surface area contributed by atoms with Gasteiger partial charge in [-0.15, -0.1) is 0 Å². The van der Waals surface area contributed by atoms with Gasteiger partial charge < -0.3 is 24.1 Å². The number of nitrogens with zero attached hydrogens (tertiary/aromatic N) is 2. The van der Waals surface area contributed by atoms with Crippen LogP contribution in [0.2, 0.25) is 0 Å². The molecule has 0 aliphatic carbocycles. The molecule has 4 aromatic carbocycles. The number of benzene rings is 4. The highest BCUT2D eigenvalue weighted by Gasteiger charge is 2.51. The SMILES string of the molecule is COCCOC[C@](C#N)(C(=O)N1CC=C(c2c[nH]c3ccccc23)CC1)C(c1ccccc1OC)c1cccc2ccccc12. The lowest BCUT2D eigenvalue weighted by Gasteiger charge is -2.40. The largest absolute Gasteiger partial charge is 0.496 e. The summed E-state index contributed by atoms with van der Waals surface area (Å²) in [5, 5.41) is 14.4. The number of H-pyrrole nitrogens is 1. The number of aromatic amines is 1. The summed E-state index contributed by atoms with van der Waals surface area (Å²) in [6.45, 7) is 1.38. The molecular weight excluding hydrogens is 562 g/mol. The number of hydrogen-bond acceptors (Lipinski definition) is 5. The average Bonchev–Trinajstić information content (AvgIpc) is 3.54. The van der Waals surface area contributed by atoms with Crippen molar-refractivity contribution >= 4 is 33.2 Å². The molecule has 0 saturated heterocycles. The Bertz CT molecular complexity index is 1880. The summed E-state index contributed by atoms with van der Waals surface area (Å²) in [5.74, 6) is -0.334. The monoisotopic (exact) mass is 599 g/mol. The van der Waals surface area contributed by atoms with Crippen molar-refractivity contribution in [2.75, 3.05) is 47.1 Å². The molecular formula is C38H37N3O4. The third kappa shape index (κ3) is 5.71. The van der Waals surface area contributed by atoms with Crippen LogP contribution in [0.5, 0.6) is 5.75 Å². The van der Waals surface area contributed by atoms with E-state index < -0.39 is 11.3 Å². The van der Waals surface area contributed by atoms with Crippen molar-refractivity contribution in [2.45, 2.75) is 12.3 Å². The molecule has 1 amide bonds. The molecule has 0 radical (unpaired) electrons. The molecule has 0 bridgehead atoms. The fraction of sp³-hybridized carbons (Fsp3) is 0.263. The number of ether oxygens (including phenoxy) is 3. The number of nitrogens with one attached hydrogen (secondary N) is 1. The van der Waals surface area contributed by atoms with Gasteiger partial charge >= 0.3 is 0 Å². The minimum atomic E-state index is -1.60. The van der Waals surface area contributed by atoms with Crippen LogP contribution in [0.25, 0.3) is 27.2 Å². The van der Waals surface area contributed by atoms with E-state index in [9.17, 15) is 10.1 Å². The summed E-state index contributed by atoms with van der Waals surface area (Å²) in [4.78, 5) is 20.1. The van der Waals surface area contributed by atoms with Crippen LogP contribution in [0.15, 0.2) is 103 Å². The second-order valence-electron chi connectivity index (χ2n) is 11.4. The predicted molar refractivity (Wildman–Crippen MR) is 177 cm³/mol. The van der Waals surface area contributed by atoms with Gasteiger partial charge in [0.25, 0.3) is 0 Å². The summed E-state index contributed by atoms with van der Waals surface area (Å²) in [6, 6.07) is 32.5. The van der Waals surface area contributed by atoms with Gasteiger partial charge in [-0.3, -0.25) is 4.79 Å². The standard InChI is InChI=1S/C38H37N3O4/c1-43-22-23-45-26-38(25-39,37(42)41-20-18-28(19-21-41)33-24-40-34-16-7-5-13-30(33)34)36(32-14-6-8-17-35(32)44-2)31-15-9-11-27-10-3-4-12-29(27)31/h3-18,24,36,40H,19-23,26H2,1-2H3/t36?,38-/m0/s1. The molecule has 1 aliphatic rings. The number of para-hydroxylation sites is 2. The second-order valence-corrected chi connectivity index (χ2v) is 11.4. The Balaban J connectivity index is 1.46. The van der Waals surface area contributed by atoms with Gasteiger partial charge in [-0.05, 0) is 40.5 Å². The van der Waals surface area contributed by atoms with E-state index in [0.717, 1.165) is 38.4 Å². The molecule has 7 nitrogen and oxygen atoms in total. The van der Waals surface area contributed by atoms with Gasteiger partial charge in [-0.2, -0.15) is 5.26 Å². The van der Waals surface area contributed by atoms with Crippen molar-refractivity contribution in [2.24, 2.45) is 5.41 Å². The highest BCUT2D eigenvalue weighted by atomic mass is 16.5. The molecule has 0 fully saturated rings. The first kappa shape index (κ1) is 30.1. The van der Waals surface area contributed by atoms with E-state index in [-0.39, 0.29) is 19.1 Å². The number of nitriles is 1. The number of amides is 1. The molecule has 45 heavy (non-hydrogen) atoms. The molecule has 1 N–H and O–H groups in total. The van der Waals surface area contributed by atoms with Gasteiger partial charge in [0.2, 0.25) is 5.91 Å². The van der Waals surface area contributed by atoms with Gasteiger partial charge in [-0.25, -0.2) is 0 Å². The third-order valence-electron chi connectivity index (χ3n) is 8.85. The van der Waals surface area contributed by atoms with E-state index >= 15 is 0 Å². The fourth-order valence-corrected chi connectivity index (χ4v) is 6.61. The zero-order valence-electron chi connectivity index (χ0n) is 25.7. The first-order chi connectivity index (χ1) is 22.1. The summed E-state index contributed by atoms with van der Waals surface area (Å²) in [6.07, 6.45) is 4.82. The van der Waals surface area contributed by atoms with Crippen LogP contribution in [0, 0.1) is 16.7 Å². The number of methoxy groups -OCH3 is 2. The van der Waals surface area contributed by atoms with Crippen LogP contribution in [-0.4, -0.2) is 62.9 Å². The molecule has 1 unspecified atom stereocenters. The second kappa shape index (κ2) is 13.4. The highest BCUT2D eigenvalue weighted by molar-refractivity contribution is 5.95. The third-order valence-corrected chi connectivity index (χ3v) is 8.85. The molecule has 6 rings (SSSR count). The van der Waals surface area contributed by atoms with Crippen molar-refractivity contribution in [1.29, 1.82) is 5.26 Å². The highest BCUT2D eigenvalue weighted by Crippen LogP contribution is 2.48. The molecule has 1 aromatic heterocycles. The predicted octanol–water partition coefficient (Wildman–Crippen LogP) is 6.95. The number of carbonyl (C=O) groups excluding carboxylic acids is 1. The van der Waals surface area contributed by atoms with Gasteiger partial charge in [0.1, 0.15) is 5.75 Å². The maximum Gasteiger partial charge on any atom is 0.246 e. The van der Waals surface area contributed by atoms with E-state index in [0.29, 0.717) is 31.9 Å². The number of carbonyl (C=O) groups is 1. The number of hydrogen-bond donors (Lipinski definition) is 1. The molecule has 2 atom stereocenters. The first-order valence-electron chi connectivity index (χ1n) is 15.2. The van der Waals surface area contributed by atoms with Gasteiger partial charge in [0, 0.05) is 54.3 Å². The maximum atomic E-state index is 15.0. The smallest absolute Gasteiger partial charge is 0.246 e. The summed E-state index contributed by atoms with van der Waals surface area (Å²) >= 11 is 0. The van der Waals surface area contributed by atoms with Crippen LogP contribution in [0.3, 0.4) is 0 Å². The quantitative estimate of drug-likeness (QED) is 0.166. The average molecular weight is 600 g/mol. The Hall–Kier alpha value is -4.90. The van der Waals surface area contributed by atoms with Gasteiger partial charge in [-0.1, -0.05) is 84.9 Å². The lowest BCUT2D eigenvalue weighted by atomic mass is 9.67. The summed E-state index contributed by atoms with van der Waals surface area (Å²) in [5.41, 5.74) is 3.45.